The van der Waals surface area contributed by atoms with E-state index in [1.165, 1.54) is 23.9 Å². The zero-order valence-corrected chi connectivity index (χ0v) is 15.8. The van der Waals surface area contributed by atoms with Crippen LogP contribution in [0.15, 0.2) is 41.7 Å². The number of imidazole rings is 1. The largest absolute Gasteiger partial charge is 0.393 e. The predicted octanol–water partition coefficient (Wildman–Crippen LogP) is 4.41. The quantitative estimate of drug-likeness (QED) is 0.515. The minimum atomic E-state index is -0.274. The number of benzene rings is 1. The van der Waals surface area contributed by atoms with Crippen LogP contribution in [0, 0.1) is 5.82 Å². The Labute approximate surface area is 161 Å². The number of nitrogens with zero attached hydrogens (tertiary/aromatic N) is 3. The molecule has 27 heavy (non-hydrogen) atoms. The lowest BCUT2D eigenvalue weighted by Crippen LogP contribution is -2.17. The Kier molecular flexibility index (Phi) is 5.22. The van der Waals surface area contributed by atoms with E-state index in [1.807, 2.05) is 12.3 Å². The summed E-state index contributed by atoms with van der Waals surface area (Å²) in [6.07, 6.45) is 6.84. The van der Waals surface area contributed by atoms with Crippen molar-refractivity contribution in [3.05, 3.63) is 48.2 Å². The standard InChI is InChI=1S/C20H21FN4OS/c1-27-20-22-11-10-16(23-20)18-17(12-2-6-14(21)7-3-12)24-19(25-18)13-4-8-15(26)9-5-13/h2-3,6-7,10-11,13,15,26H,4-5,8-9H2,1H3,(H,24,25)/t13-,15-. The average Bonchev–Trinajstić information content (AvgIpc) is 3.14. The normalized spacial score (nSPS) is 20.0. The van der Waals surface area contributed by atoms with Gasteiger partial charge in [0, 0.05) is 17.7 Å². The zero-order chi connectivity index (χ0) is 18.8. The zero-order valence-electron chi connectivity index (χ0n) is 15.0. The number of thioether (sulfide) groups is 1. The molecule has 140 valence electrons. The fourth-order valence-electron chi connectivity index (χ4n) is 3.51. The minimum absolute atomic E-state index is 0.210. The van der Waals surface area contributed by atoms with E-state index in [1.54, 1.807) is 18.3 Å². The van der Waals surface area contributed by atoms with Gasteiger partial charge in [-0.15, -0.1) is 0 Å². The molecular formula is C20H21FN4OS. The number of hydrogen-bond acceptors (Lipinski definition) is 5. The van der Waals surface area contributed by atoms with Crippen molar-refractivity contribution < 1.29 is 9.50 Å². The lowest BCUT2D eigenvalue weighted by atomic mass is 9.87. The second-order valence-electron chi connectivity index (χ2n) is 6.79. The van der Waals surface area contributed by atoms with Crippen molar-refractivity contribution in [2.45, 2.75) is 42.9 Å². The molecule has 0 unspecified atom stereocenters. The fourth-order valence-corrected chi connectivity index (χ4v) is 3.87. The van der Waals surface area contributed by atoms with E-state index in [4.69, 9.17) is 4.98 Å². The summed E-state index contributed by atoms with van der Waals surface area (Å²) < 4.78 is 13.4. The average molecular weight is 384 g/mol. The number of H-pyrrole nitrogens is 1. The number of nitrogens with one attached hydrogen (secondary N) is 1. The van der Waals surface area contributed by atoms with Gasteiger partial charge in [0.1, 0.15) is 11.6 Å². The topological polar surface area (TPSA) is 74.7 Å². The number of rotatable bonds is 4. The molecule has 1 fully saturated rings. The molecule has 0 amide bonds. The van der Waals surface area contributed by atoms with Crippen molar-refractivity contribution in [2.75, 3.05) is 6.26 Å². The van der Waals surface area contributed by atoms with Crippen LogP contribution in [0.4, 0.5) is 4.39 Å². The van der Waals surface area contributed by atoms with Crippen molar-refractivity contribution in [3.8, 4) is 22.6 Å². The molecule has 0 aliphatic heterocycles. The van der Waals surface area contributed by atoms with Crippen LogP contribution >= 0.6 is 11.8 Å². The van der Waals surface area contributed by atoms with Crippen molar-refractivity contribution in [3.63, 3.8) is 0 Å². The first-order chi connectivity index (χ1) is 13.1. The molecule has 1 saturated carbocycles. The van der Waals surface area contributed by atoms with Gasteiger partial charge < -0.3 is 10.1 Å². The van der Waals surface area contributed by atoms with Gasteiger partial charge in [0.05, 0.1) is 23.2 Å². The monoisotopic (exact) mass is 384 g/mol. The SMILES string of the molecule is CSc1nccc(-c2[nH]c([C@H]3CC[C@H](O)CC3)nc2-c2ccc(F)cc2)n1. The summed E-state index contributed by atoms with van der Waals surface area (Å²) in [5.41, 5.74) is 3.19. The smallest absolute Gasteiger partial charge is 0.187 e. The van der Waals surface area contributed by atoms with Crippen LogP contribution in [-0.4, -0.2) is 37.4 Å². The summed E-state index contributed by atoms with van der Waals surface area (Å²) >= 11 is 1.48. The Morgan fingerprint density at radius 2 is 1.81 bits per heavy atom. The molecule has 0 spiro atoms. The summed E-state index contributed by atoms with van der Waals surface area (Å²) in [5.74, 6) is 0.910. The molecule has 2 aromatic heterocycles. The Morgan fingerprint density at radius 3 is 2.52 bits per heavy atom. The molecule has 2 heterocycles. The number of halogens is 1. The molecule has 0 atom stereocenters. The van der Waals surface area contributed by atoms with Crippen LogP contribution in [0.5, 0.6) is 0 Å². The number of aliphatic hydroxyl groups excluding tert-OH is 1. The van der Waals surface area contributed by atoms with E-state index in [0.717, 1.165) is 54.2 Å². The lowest BCUT2D eigenvalue weighted by molar-refractivity contribution is 0.121. The first-order valence-corrected chi connectivity index (χ1v) is 10.3. The third-order valence-electron chi connectivity index (χ3n) is 5.00. The Bertz CT molecular complexity index is 920. The van der Waals surface area contributed by atoms with E-state index in [0.29, 0.717) is 5.16 Å². The third kappa shape index (κ3) is 3.89. The minimum Gasteiger partial charge on any atom is -0.393 e. The molecular weight excluding hydrogens is 363 g/mol. The molecule has 3 aromatic rings. The van der Waals surface area contributed by atoms with Gasteiger partial charge in [-0.25, -0.2) is 19.3 Å². The van der Waals surface area contributed by atoms with Gasteiger partial charge in [-0.2, -0.15) is 0 Å². The summed E-state index contributed by atoms with van der Waals surface area (Å²) in [6.45, 7) is 0. The molecule has 0 bridgehead atoms. The Morgan fingerprint density at radius 1 is 1.07 bits per heavy atom. The molecule has 1 aliphatic carbocycles. The van der Waals surface area contributed by atoms with E-state index in [2.05, 4.69) is 15.0 Å². The van der Waals surface area contributed by atoms with E-state index < -0.39 is 0 Å². The first-order valence-electron chi connectivity index (χ1n) is 9.05. The summed E-state index contributed by atoms with van der Waals surface area (Å²) in [5, 5.41) is 10.5. The van der Waals surface area contributed by atoms with Gasteiger partial charge >= 0.3 is 0 Å². The van der Waals surface area contributed by atoms with E-state index in [9.17, 15) is 9.50 Å². The van der Waals surface area contributed by atoms with Crippen LogP contribution in [0.3, 0.4) is 0 Å². The fraction of sp³-hybridized carbons (Fsp3) is 0.350. The molecule has 0 radical (unpaired) electrons. The molecule has 5 nitrogen and oxygen atoms in total. The van der Waals surface area contributed by atoms with Gasteiger partial charge in [0.2, 0.25) is 0 Å². The third-order valence-corrected chi connectivity index (χ3v) is 5.56. The maximum atomic E-state index is 13.4. The highest BCUT2D eigenvalue weighted by molar-refractivity contribution is 7.98. The van der Waals surface area contributed by atoms with Crippen molar-refractivity contribution in [1.29, 1.82) is 0 Å². The number of aromatic amines is 1. The van der Waals surface area contributed by atoms with Crippen molar-refractivity contribution in [1.82, 2.24) is 19.9 Å². The number of hydrogen-bond donors (Lipinski definition) is 2. The van der Waals surface area contributed by atoms with Crippen LogP contribution in [0.25, 0.3) is 22.6 Å². The summed E-state index contributed by atoms with van der Waals surface area (Å²) in [6, 6.07) is 8.21. The van der Waals surface area contributed by atoms with Gasteiger partial charge in [-0.3, -0.25) is 0 Å². The van der Waals surface area contributed by atoms with Crippen LogP contribution < -0.4 is 0 Å². The highest BCUT2D eigenvalue weighted by Gasteiger charge is 2.25. The van der Waals surface area contributed by atoms with Crippen LogP contribution in [0.2, 0.25) is 0 Å². The second-order valence-corrected chi connectivity index (χ2v) is 7.56. The van der Waals surface area contributed by atoms with Crippen molar-refractivity contribution in [2.24, 2.45) is 0 Å². The van der Waals surface area contributed by atoms with Crippen molar-refractivity contribution >= 4 is 11.8 Å². The molecule has 1 aliphatic rings. The van der Waals surface area contributed by atoms with E-state index in [-0.39, 0.29) is 17.8 Å². The highest BCUT2D eigenvalue weighted by Crippen LogP contribution is 2.36. The van der Waals surface area contributed by atoms with Crippen LogP contribution in [0.1, 0.15) is 37.4 Å². The van der Waals surface area contributed by atoms with Crippen LogP contribution in [-0.2, 0) is 0 Å². The Balaban J connectivity index is 1.78. The van der Waals surface area contributed by atoms with E-state index >= 15 is 0 Å². The molecule has 0 saturated heterocycles. The summed E-state index contributed by atoms with van der Waals surface area (Å²) in [4.78, 5) is 17.2. The number of aliphatic hydroxyl groups is 1. The molecule has 2 N–H and O–H groups in total. The predicted molar refractivity (Wildman–Crippen MR) is 104 cm³/mol. The maximum absolute atomic E-state index is 13.4. The lowest BCUT2D eigenvalue weighted by Gasteiger charge is -2.23. The van der Waals surface area contributed by atoms with Gasteiger partial charge in [-0.05, 0) is 62.3 Å². The van der Waals surface area contributed by atoms with Gasteiger partial charge in [-0.1, -0.05) is 11.8 Å². The molecule has 1 aromatic carbocycles. The first kappa shape index (κ1) is 18.1. The molecule has 4 rings (SSSR count). The maximum Gasteiger partial charge on any atom is 0.187 e. The summed E-state index contributed by atoms with van der Waals surface area (Å²) in [7, 11) is 0. The number of aromatic nitrogens is 4. The van der Waals surface area contributed by atoms with Gasteiger partial charge in [0.15, 0.2) is 5.16 Å². The molecule has 7 heteroatoms. The second kappa shape index (κ2) is 7.78. The highest BCUT2D eigenvalue weighted by atomic mass is 32.2. The van der Waals surface area contributed by atoms with Gasteiger partial charge in [0.25, 0.3) is 0 Å². The Hall–Kier alpha value is -2.25.